The van der Waals surface area contributed by atoms with Crippen molar-refractivity contribution in [2.75, 3.05) is 0 Å². The van der Waals surface area contributed by atoms with E-state index in [1.807, 2.05) is 0 Å². The molecule has 0 bridgehead atoms. The molecule has 0 unspecified atom stereocenters. The third-order valence-electron chi connectivity index (χ3n) is 3.90. The summed E-state index contributed by atoms with van der Waals surface area (Å²) in [5.41, 5.74) is 1.57. The van der Waals surface area contributed by atoms with Crippen LogP contribution in [-0.2, 0) is 0 Å². The van der Waals surface area contributed by atoms with E-state index < -0.39 is 30.4 Å². The zero-order chi connectivity index (χ0) is 19.3. The van der Waals surface area contributed by atoms with Crippen LogP contribution in [0.3, 0.4) is 0 Å². The van der Waals surface area contributed by atoms with Gasteiger partial charge in [-0.3, -0.25) is 0 Å². The van der Waals surface area contributed by atoms with Crippen molar-refractivity contribution in [3.05, 3.63) is 83.9 Å². The predicted molar refractivity (Wildman–Crippen MR) is 90.0 cm³/mol. The topological polar surface area (TPSA) is 0 Å². The molecule has 0 aromatic heterocycles. The van der Waals surface area contributed by atoms with Crippen LogP contribution >= 0.6 is 0 Å². The van der Waals surface area contributed by atoms with E-state index in [1.165, 1.54) is 42.5 Å². The molecule has 2 aromatic carbocycles. The average molecular weight is 370 g/mol. The summed E-state index contributed by atoms with van der Waals surface area (Å²) >= 11 is 0. The van der Waals surface area contributed by atoms with Crippen molar-refractivity contribution >= 4 is 11.1 Å². The Balaban J connectivity index is 2.51. The van der Waals surface area contributed by atoms with Crippen molar-refractivity contribution < 1.29 is 26.3 Å². The molecular weight excluding hydrogens is 354 g/mol. The fraction of sp³-hybridized carbons (Fsp3) is 0.200. The first kappa shape index (κ1) is 19.8. The van der Waals surface area contributed by atoms with Crippen molar-refractivity contribution in [2.45, 2.75) is 25.2 Å². The number of rotatable bonds is 7. The maximum Gasteiger partial charge on any atom is 0.307 e. The number of alkyl halides is 4. The van der Waals surface area contributed by atoms with Crippen molar-refractivity contribution in [1.82, 2.24) is 0 Å². The Hall–Kier alpha value is -2.50. The second-order valence-electron chi connectivity index (χ2n) is 5.67. The first-order chi connectivity index (χ1) is 12.2. The van der Waals surface area contributed by atoms with Gasteiger partial charge >= 0.3 is 12.3 Å². The molecule has 0 atom stereocenters. The average Bonchev–Trinajstić information content (AvgIpc) is 2.60. The van der Waals surface area contributed by atoms with Gasteiger partial charge in [0.2, 0.25) is 0 Å². The SMILES string of the molecule is C=C/C(=C(\CCC(F)(F)C(F)F)c1ccc(F)cc1)c1ccc(F)cc1. The lowest BCUT2D eigenvalue weighted by atomic mass is 9.90. The van der Waals surface area contributed by atoms with Gasteiger partial charge < -0.3 is 0 Å². The minimum atomic E-state index is -4.15. The Labute approximate surface area is 147 Å². The second kappa shape index (κ2) is 8.25. The van der Waals surface area contributed by atoms with Crippen molar-refractivity contribution in [3.63, 3.8) is 0 Å². The summed E-state index contributed by atoms with van der Waals surface area (Å²) in [6, 6.07) is 10.3. The number of allylic oxidation sites excluding steroid dienone is 3. The normalized spacial score (nSPS) is 12.9. The van der Waals surface area contributed by atoms with Crippen molar-refractivity contribution in [2.24, 2.45) is 0 Å². The smallest absolute Gasteiger partial charge is 0.207 e. The highest BCUT2D eigenvalue weighted by molar-refractivity contribution is 5.95. The summed E-state index contributed by atoms with van der Waals surface area (Å²) in [6.07, 6.45) is -3.88. The second-order valence-corrected chi connectivity index (χ2v) is 5.67. The molecule has 0 radical (unpaired) electrons. The number of hydrogen-bond acceptors (Lipinski definition) is 0. The molecule has 138 valence electrons. The van der Waals surface area contributed by atoms with Gasteiger partial charge in [0.15, 0.2) is 0 Å². The lowest BCUT2D eigenvalue weighted by Crippen LogP contribution is -2.26. The molecule has 0 aliphatic carbocycles. The van der Waals surface area contributed by atoms with Crippen LogP contribution in [0.1, 0.15) is 24.0 Å². The third kappa shape index (κ3) is 4.77. The zero-order valence-electron chi connectivity index (χ0n) is 13.7. The molecule has 2 rings (SSSR count). The maximum absolute atomic E-state index is 13.4. The molecule has 0 aliphatic rings. The lowest BCUT2D eigenvalue weighted by molar-refractivity contribution is -0.131. The molecule has 6 heteroatoms. The van der Waals surface area contributed by atoms with Crippen LogP contribution in [0, 0.1) is 11.6 Å². The van der Waals surface area contributed by atoms with Crippen LogP contribution in [0.2, 0.25) is 0 Å². The van der Waals surface area contributed by atoms with Crippen LogP contribution in [0.15, 0.2) is 61.2 Å². The molecule has 2 aromatic rings. The first-order valence-corrected chi connectivity index (χ1v) is 7.78. The Kier molecular flexibility index (Phi) is 6.29. The Morgan fingerprint density at radius 2 is 1.35 bits per heavy atom. The summed E-state index contributed by atoms with van der Waals surface area (Å²) in [4.78, 5) is 0. The van der Waals surface area contributed by atoms with Crippen LogP contribution in [0.25, 0.3) is 11.1 Å². The number of hydrogen-bond donors (Lipinski definition) is 0. The highest BCUT2D eigenvalue weighted by Gasteiger charge is 2.40. The van der Waals surface area contributed by atoms with Gasteiger partial charge in [0.1, 0.15) is 11.6 Å². The number of halogens is 6. The summed E-state index contributed by atoms with van der Waals surface area (Å²) < 4.78 is 78.1. The van der Waals surface area contributed by atoms with Gasteiger partial charge in [-0.25, -0.2) is 26.3 Å². The highest BCUT2D eigenvalue weighted by atomic mass is 19.3. The van der Waals surface area contributed by atoms with E-state index in [2.05, 4.69) is 6.58 Å². The van der Waals surface area contributed by atoms with E-state index in [4.69, 9.17) is 0 Å². The monoisotopic (exact) mass is 370 g/mol. The quantitative estimate of drug-likeness (QED) is 0.288. The van der Waals surface area contributed by atoms with Crippen molar-refractivity contribution in [3.8, 4) is 0 Å². The minimum absolute atomic E-state index is 0.298. The van der Waals surface area contributed by atoms with E-state index in [0.29, 0.717) is 22.3 Å². The van der Waals surface area contributed by atoms with E-state index in [-0.39, 0.29) is 6.42 Å². The molecule has 0 aliphatic heterocycles. The molecule has 0 saturated heterocycles. The molecular formula is C20H16F6. The summed E-state index contributed by atoms with van der Waals surface area (Å²) in [5, 5.41) is 0. The van der Waals surface area contributed by atoms with Crippen LogP contribution < -0.4 is 0 Å². The standard InChI is InChI=1S/C20H16F6/c1-2-17(13-3-7-15(21)8-4-13)18(11-12-20(25,26)19(23)24)14-5-9-16(22)10-6-14/h2-10,19H,1,11-12H2/b18-17-. The predicted octanol–water partition coefficient (Wildman–Crippen LogP) is 6.74. The molecule has 0 spiro atoms. The Morgan fingerprint density at radius 3 is 1.77 bits per heavy atom. The lowest BCUT2D eigenvalue weighted by Gasteiger charge is -2.19. The third-order valence-corrected chi connectivity index (χ3v) is 3.90. The molecule has 0 nitrogen and oxygen atoms in total. The van der Waals surface area contributed by atoms with Gasteiger partial charge in [-0.05, 0) is 53.0 Å². The summed E-state index contributed by atoms with van der Waals surface area (Å²) in [7, 11) is 0. The molecule has 0 N–H and O–H groups in total. The summed E-state index contributed by atoms with van der Waals surface area (Å²) in [6.45, 7) is 3.64. The van der Waals surface area contributed by atoms with Crippen molar-refractivity contribution in [1.29, 1.82) is 0 Å². The molecule has 0 heterocycles. The Bertz CT molecular complexity index is 773. The fourth-order valence-electron chi connectivity index (χ4n) is 2.53. The van der Waals surface area contributed by atoms with Gasteiger partial charge in [-0.1, -0.05) is 36.9 Å². The van der Waals surface area contributed by atoms with E-state index in [0.717, 1.165) is 12.1 Å². The minimum Gasteiger partial charge on any atom is -0.207 e. The van der Waals surface area contributed by atoms with E-state index in [1.54, 1.807) is 0 Å². The Morgan fingerprint density at radius 1 is 0.885 bits per heavy atom. The largest absolute Gasteiger partial charge is 0.307 e. The van der Waals surface area contributed by atoms with Crippen LogP contribution in [-0.4, -0.2) is 12.3 Å². The zero-order valence-corrected chi connectivity index (χ0v) is 13.7. The maximum atomic E-state index is 13.4. The van der Waals surface area contributed by atoms with Crippen LogP contribution in [0.4, 0.5) is 26.3 Å². The fourth-order valence-corrected chi connectivity index (χ4v) is 2.53. The van der Waals surface area contributed by atoms with Crippen LogP contribution in [0.5, 0.6) is 0 Å². The van der Waals surface area contributed by atoms with Gasteiger partial charge in [0.25, 0.3) is 0 Å². The molecule has 0 fully saturated rings. The van der Waals surface area contributed by atoms with Gasteiger partial charge in [-0.2, -0.15) is 0 Å². The molecule has 0 amide bonds. The van der Waals surface area contributed by atoms with Gasteiger partial charge in [0, 0.05) is 6.42 Å². The van der Waals surface area contributed by atoms with Gasteiger partial charge in [0.05, 0.1) is 0 Å². The van der Waals surface area contributed by atoms with E-state index >= 15 is 0 Å². The van der Waals surface area contributed by atoms with E-state index in [9.17, 15) is 26.3 Å². The summed E-state index contributed by atoms with van der Waals surface area (Å²) in [5.74, 6) is -5.15. The first-order valence-electron chi connectivity index (χ1n) is 7.78. The molecule has 0 saturated carbocycles. The number of benzene rings is 2. The molecule has 26 heavy (non-hydrogen) atoms. The van der Waals surface area contributed by atoms with Gasteiger partial charge in [-0.15, -0.1) is 0 Å². The highest BCUT2D eigenvalue weighted by Crippen LogP contribution is 2.36.